The minimum atomic E-state index is -0.682. The Balaban J connectivity index is 2.27. The molecular weight excluding hydrogens is 304 g/mol. The second-order valence-electron chi connectivity index (χ2n) is 4.68. The zero-order chi connectivity index (χ0) is 16.6. The third kappa shape index (κ3) is 2.44. The van der Waals surface area contributed by atoms with Gasteiger partial charge in [0.05, 0.1) is 0 Å². The van der Waals surface area contributed by atoms with E-state index in [0.717, 1.165) is 12.1 Å². The number of fused-ring (bicyclic) bond motifs is 1. The number of carbonyl (C=O) groups excluding carboxylic acids is 1. The summed E-state index contributed by atoms with van der Waals surface area (Å²) in [7, 11) is 0. The lowest BCUT2D eigenvalue weighted by molar-refractivity contribution is -0.120. The topological polar surface area (TPSA) is 117 Å². The van der Waals surface area contributed by atoms with Crippen LogP contribution in [0.2, 0.25) is 0 Å². The summed E-state index contributed by atoms with van der Waals surface area (Å²) in [5.41, 5.74) is -0.134. The molecule has 116 valence electrons. The van der Waals surface area contributed by atoms with Crippen molar-refractivity contribution in [2.75, 3.05) is 0 Å². The van der Waals surface area contributed by atoms with Crippen LogP contribution in [0.3, 0.4) is 0 Å². The second kappa shape index (κ2) is 5.38. The molecule has 3 N–H and O–H groups in total. The maximum Gasteiger partial charge on any atom is 0.298 e. The van der Waals surface area contributed by atoms with Gasteiger partial charge in [-0.3, -0.25) is 9.59 Å². The maximum atomic E-state index is 12.2. The van der Waals surface area contributed by atoms with Gasteiger partial charge in [-0.15, -0.1) is 0 Å². The van der Waals surface area contributed by atoms with E-state index in [1.54, 1.807) is 12.1 Å². The fourth-order valence-corrected chi connectivity index (χ4v) is 2.20. The molecule has 7 heteroatoms. The van der Waals surface area contributed by atoms with Gasteiger partial charge in [-0.25, -0.2) is 0 Å². The lowest BCUT2D eigenvalue weighted by atomic mass is 10.1. The minimum absolute atomic E-state index is 0.0209. The van der Waals surface area contributed by atoms with Crippen LogP contribution in [0.15, 0.2) is 45.6 Å². The van der Waals surface area contributed by atoms with Gasteiger partial charge in [0.2, 0.25) is 5.75 Å². The molecule has 0 fully saturated rings. The SMILES string of the molecule is O=COc1c(O)cc2oc(-c3ccc(O)cc3)cc(=O)c2c1O. The Bertz CT molecular complexity index is 955. The van der Waals surface area contributed by atoms with E-state index in [2.05, 4.69) is 4.74 Å². The highest BCUT2D eigenvalue weighted by Gasteiger charge is 2.19. The van der Waals surface area contributed by atoms with Crippen LogP contribution >= 0.6 is 0 Å². The van der Waals surface area contributed by atoms with Crippen molar-refractivity contribution in [1.82, 2.24) is 0 Å². The molecule has 0 bridgehead atoms. The second-order valence-corrected chi connectivity index (χ2v) is 4.68. The molecule has 7 nitrogen and oxygen atoms in total. The monoisotopic (exact) mass is 314 g/mol. The highest BCUT2D eigenvalue weighted by molar-refractivity contribution is 5.90. The molecule has 23 heavy (non-hydrogen) atoms. The van der Waals surface area contributed by atoms with E-state index in [1.165, 1.54) is 12.1 Å². The van der Waals surface area contributed by atoms with E-state index in [1.807, 2.05) is 0 Å². The Labute approximate surface area is 128 Å². The fourth-order valence-electron chi connectivity index (χ4n) is 2.20. The van der Waals surface area contributed by atoms with Gasteiger partial charge in [0, 0.05) is 17.7 Å². The molecule has 0 saturated carbocycles. The number of rotatable bonds is 3. The summed E-state index contributed by atoms with van der Waals surface area (Å²) < 4.78 is 9.99. The molecule has 0 aliphatic rings. The van der Waals surface area contributed by atoms with Crippen molar-refractivity contribution < 1.29 is 29.3 Å². The Morgan fingerprint density at radius 2 is 1.74 bits per heavy atom. The predicted molar refractivity (Wildman–Crippen MR) is 79.6 cm³/mol. The van der Waals surface area contributed by atoms with Crippen molar-refractivity contribution in [1.29, 1.82) is 0 Å². The Morgan fingerprint density at radius 1 is 1.04 bits per heavy atom. The average Bonchev–Trinajstić information content (AvgIpc) is 2.51. The van der Waals surface area contributed by atoms with E-state index in [9.17, 15) is 24.9 Å². The van der Waals surface area contributed by atoms with Gasteiger partial charge < -0.3 is 24.5 Å². The van der Waals surface area contributed by atoms with Crippen LogP contribution < -0.4 is 10.2 Å². The summed E-state index contributed by atoms with van der Waals surface area (Å²) in [4.78, 5) is 22.6. The quantitative estimate of drug-likeness (QED) is 0.634. The van der Waals surface area contributed by atoms with Crippen molar-refractivity contribution in [3.63, 3.8) is 0 Å². The third-order valence-electron chi connectivity index (χ3n) is 3.25. The van der Waals surface area contributed by atoms with Crippen LogP contribution in [-0.2, 0) is 4.79 Å². The highest BCUT2D eigenvalue weighted by Crippen LogP contribution is 2.41. The van der Waals surface area contributed by atoms with Crippen molar-refractivity contribution in [3.05, 3.63) is 46.6 Å². The number of hydrogen-bond acceptors (Lipinski definition) is 7. The average molecular weight is 314 g/mol. The van der Waals surface area contributed by atoms with Crippen LogP contribution in [-0.4, -0.2) is 21.8 Å². The lowest BCUT2D eigenvalue weighted by Crippen LogP contribution is -2.02. The van der Waals surface area contributed by atoms with Gasteiger partial charge in [0.1, 0.15) is 22.5 Å². The van der Waals surface area contributed by atoms with Crippen molar-refractivity contribution in [2.24, 2.45) is 0 Å². The first-order chi connectivity index (χ1) is 11.0. The first-order valence-corrected chi connectivity index (χ1v) is 6.43. The molecule has 0 amide bonds. The van der Waals surface area contributed by atoms with Crippen molar-refractivity contribution >= 4 is 17.4 Å². The largest absolute Gasteiger partial charge is 0.508 e. The minimum Gasteiger partial charge on any atom is -0.508 e. The first-order valence-electron chi connectivity index (χ1n) is 6.43. The summed E-state index contributed by atoms with van der Waals surface area (Å²) in [6.45, 7) is 0.0209. The van der Waals surface area contributed by atoms with E-state index in [4.69, 9.17) is 4.42 Å². The molecule has 0 atom stereocenters. The summed E-state index contributed by atoms with van der Waals surface area (Å²) in [6, 6.07) is 8.16. The van der Waals surface area contributed by atoms with E-state index in [0.29, 0.717) is 5.56 Å². The highest BCUT2D eigenvalue weighted by atomic mass is 16.5. The lowest BCUT2D eigenvalue weighted by Gasteiger charge is -2.08. The van der Waals surface area contributed by atoms with E-state index >= 15 is 0 Å². The summed E-state index contributed by atoms with van der Waals surface area (Å²) in [6.07, 6.45) is 0. The predicted octanol–water partition coefficient (Wildman–Crippen LogP) is 2.11. The Morgan fingerprint density at radius 3 is 2.39 bits per heavy atom. The number of carbonyl (C=O) groups is 1. The molecule has 0 aliphatic carbocycles. The molecule has 0 spiro atoms. The van der Waals surface area contributed by atoms with Gasteiger partial charge in [0.25, 0.3) is 6.47 Å². The first kappa shape index (κ1) is 14.5. The summed E-state index contributed by atoms with van der Waals surface area (Å²) in [5.74, 6) is -1.50. The van der Waals surface area contributed by atoms with Gasteiger partial charge in [-0.2, -0.15) is 0 Å². The third-order valence-corrected chi connectivity index (χ3v) is 3.25. The zero-order valence-electron chi connectivity index (χ0n) is 11.5. The van der Waals surface area contributed by atoms with Crippen molar-refractivity contribution in [3.8, 4) is 34.3 Å². The molecule has 0 aliphatic heterocycles. The molecule has 0 unspecified atom stereocenters. The number of aromatic hydroxyl groups is 3. The molecule has 1 heterocycles. The standard InChI is InChI=1S/C16H10O7/c17-7-22-16-11(20)6-13-14(15(16)21)10(19)5-12(23-13)8-1-3-9(18)4-2-8/h1-7,18,20-21H. The normalized spacial score (nSPS) is 10.6. The van der Waals surface area contributed by atoms with Gasteiger partial charge in [0.15, 0.2) is 16.9 Å². The van der Waals surface area contributed by atoms with Crippen LogP contribution in [0.25, 0.3) is 22.3 Å². The maximum absolute atomic E-state index is 12.2. The molecule has 1 aromatic heterocycles. The molecule has 2 aromatic carbocycles. The Kier molecular flexibility index (Phi) is 3.38. The van der Waals surface area contributed by atoms with Crippen LogP contribution in [0.1, 0.15) is 0 Å². The van der Waals surface area contributed by atoms with Crippen LogP contribution in [0, 0.1) is 0 Å². The summed E-state index contributed by atoms with van der Waals surface area (Å²) in [5, 5.41) is 28.8. The number of ether oxygens (including phenoxy) is 1. The van der Waals surface area contributed by atoms with E-state index < -0.39 is 22.7 Å². The zero-order valence-corrected chi connectivity index (χ0v) is 11.5. The van der Waals surface area contributed by atoms with Gasteiger partial charge in [-0.05, 0) is 24.3 Å². The van der Waals surface area contributed by atoms with Crippen molar-refractivity contribution in [2.45, 2.75) is 0 Å². The van der Waals surface area contributed by atoms with E-state index in [-0.39, 0.29) is 29.0 Å². The Hall–Kier alpha value is -3.48. The number of benzene rings is 2. The van der Waals surface area contributed by atoms with Crippen LogP contribution in [0.5, 0.6) is 23.0 Å². The molecule has 3 aromatic rings. The number of phenolic OH excluding ortho intramolecular Hbond substituents is 3. The van der Waals surface area contributed by atoms with Gasteiger partial charge >= 0.3 is 0 Å². The molecule has 0 radical (unpaired) electrons. The molecule has 3 rings (SSSR count). The van der Waals surface area contributed by atoms with Gasteiger partial charge in [-0.1, -0.05) is 0 Å². The number of hydrogen-bond donors (Lipinski definition) is 3. The molecular formula is C16H10O7. The number of phenols is 3. The van der Waals surface area contributed by atoms with Crippen LogP contribution in [0.4, 0.5) is 0 Å². The fraction of sp³-hybridized carbons (Fsp3) is 0. The molecule has 0 saturated heterocycles. The smallest absolute Gasteiger partial charge is 0.298 e. The summed E-state index contributed by atoms with van der Waals surface area (Å²) >= 11 is 0.